The molecule has 0 aromatic heterocycles. The molecule has 0 radical (unpaired) electrons. The van der Waals surface area contributed by atoms with Gasteiger partial charge in [0.15, 0.2) is 17.5 Å². The highest BCUT2D eigenvalue weighted by molar-refractivity contribution is 14.0. The highest BCUT2D eigenvalue weighted by atomic mass is 127. The number of fused-ring (bicyclic) bond motifs is 1. The molecule has 7 nitrogen and oxygen atoms in total. The Morgan fingerprint density at radius 1 is 1.23 bits per heavy atom. The van der Waals surface area contributed by atoms with Crippen molar-refractivity contribution < 1.29 is 14.3 Å². The summed E-state index contributed by atoms with van der Waals surface area (Å²) in [5, 5.41) is 6.20. The monoisotopic (exact) mass is 528 g/mol. The lowest BCUT2D eigenvalue weighted by Crippen LogP contribution is -2.46. The van der Waals surface area contributed by atoms with Crippen LogP contribution in [0.1, 0.15) is 44.6 Å². The Balaban J connectivity index is 0.00000256. The third-order valence-corrected chi connectivity index (χ3v) is 6.37. The highest BCUT2D eigenvalue weighted by Crippen LogP contribution is 2.50. The molecule has 1 aliphatic carbocycles. The number of likely N-dealkylation sites (tertiary alicyclic amines) is 1. The molecule has 2 heterocycles. The molecule has 0 spiro atoms. The van der Waals surface area contributed by atoms with Gasteiger partial charge in [-0.3, -0.25) is 9.79 Å². The molecule has 4 rings (SSSR count). The van der Waals surface area contributed by atoms with Crippen LogP contribution in [-0.4, -0.2) is 56.8 Å². The van der Waals surface area contributed by atoms with Crippen LogP contribution >= 0.6 is 24.0 Å². The highest BCUT2D eigenvalue weighted by Gasteiger charge is 2.45. The minimum Gasteiger partial charge on any atom is -0.454 e. The van der Waals surface area contributed by atoms with Gasteiger partial charge in [-0.15, -0.1) is 24.0 Å². The summed E-state index contributed by atoms with van der Waals surface area (Å²) in [4.78, 5) is 19.0. The predicted molar refractivity (Wildman–Crippen MR) is 128 cm³/mol. The number of benzene rings is 1. The number of carbonyl (C=O) groups is 1. The van der Waals surface area contributed by atoms with E-state index in [1.165, 1.54) is 5.56 Å². The molecule has 2 fully saturated rings. The van der Waals surface area contributed by atoms with Crippen molar-refractivity contribution in [2.75, 3.05) is 40.0 Å². The molecule has 3 aliphatic rings. The van der Waals surface area contributed by atoms with Crippen LogP contribution < -0.4 is 20.1 Å². The normalized spacial score (nSPS) is 19.8. The van der Waals surface area contributed by atoms with Crippen molar-refractivity contribution in [2.45, 2.75) is 44.4 Å². The topological polar surface area (TPSA) is 75.2 Å². The summed E-state index contributed by atoms with van der Waals surface area (Å²) in [7, 11) is 1.71. The van der Waals surface area contributed by atoms with Gasteiger partial charge < -0.3 is 25.0 Å². The molecule has 2 N–H and O–H groups in total. The van der Waals surface area contributed by atoms with E-state index in [4.69, 9.17) is 14.5 Å². The summed E-state index contributed by atoms with van der Waals surface area (Å²) >= 11 is 0. The molecule has 1 amide bonds. The Morgan fingerprint density at radius 2 is 1.97 bits per heavy atom. The molecule has 1 aromatic rings. The number of guanidine groups is 1. The van der Waals surface area contributed by atoms with Crippen LogP contribution in [0.25, 0.3) is 0 Å². The van der Waals surface area contributed by atoms with E-state index in [1.807, 2.05) is 6.07 Å². The van der Waals surface area contributed by atoms with Crippen LogP contribution in [0.2, 0.25) is 0 Å². The van der Waals surface area contributed by atoms with Gasteiger partial charge in [-0.1, -0.05) is 6.07 Å². The third-order valence-electron chi connectivity index (χ3n) is 6.37. The van der Waals surface area contributed by atoms with E-state index in [9.17, 15) is 4.79 Å². The van der Waals surface area contributed by atoms with Gasteiger partial charge in [0.1, 0.15) is 0 Å². The molecule has 1 aromatic carbocycles. The van der Waals surface area contributed by atoms with E-state index in [2.05, 4.69) is 34.6 Å². The molecule has 30 heavy (non-hydrogen) atoms. The molecule has 1 saturated heterocycles. The maximum Gasteiger partial charge on any atom is 0.231 e. The number of nitrogens with one attached hydrogen (secondary N) is 2. The molecule has 166 valence electrons. The predicted octanol–water partition coefficient (Wildman–Crippen LogP) is 2.88. The molecular formula is C22H33IN4O3. The second-order valence-corrected chi connectivity index (χ2v) is 8.33. The molecule has 1 saturated carbocycles. The smallest absolute Gasteiger partial charge is 0.231 e. The quantitative estimate of drug-likeness (QED) is 0.338. The lowest BCUT2D eigenvalue weighted by molar-refractivity contribution is -0.121. The lowest BCUT2D eigenvalue weighted by atomic mass is 9.93. The Kier molecular flexibility index (Phi) is 7.70. The Hall–Kier alpha value is -1.71. The minimum absolute atomic E-state index is 0. The number of amides is 1. The average molecular weight is 528 g/mol. The first kappa shape index (κ1) is 23.0. The SMILES string of the molecule is CCNC(=NCC1(c2ccc3c(c2)OCO3)CC1)N1CCC(CC(=O)NC)CC1.I. The third kappa shape index (κ3) is 5.12. The molecule has 0 bridgehead atoms. The van der Waals surface area contributed by atoms with Gasteiger partial charge in [-0.25, -0.2) is 0 Å². The van der Waals surface area contributed by atoms with E-state index < -0.39 is 0 Å². The maximum absolute atomic E-state index is 11.6. The minimum atomic E-state index is 0. The van der Waals surface area contributed by atoms with Gasteiger partial charge in [-0.05, 0) is 56.2 Å². The number of nitrogens with zero attached hydrogens (tertiary/aromatic N) is 2. The van der Waals surface area contributed by atoms with Crippen LogP contribution in [0, 0.1) is 5.92 Å². The van der Waals surface area contributed by atoms with Crippen molar-refractivity contribution in [1.82, 2.24) is 15.5 Å². The number of carbonyl (C=O) groups excluding carboxylic acids is 1. The van der Waals surface area contributed by atoms with Gasteiger partial charge in [-0.2, -0.15) is 0 Å². The number of ether oxygens (including phenoxy) is 2. The summed E-state index contributed by atoms with van der Waals surface area (Å²) in [6, 6.07) is 6.30. The number of hydrogen-bond acceptors (Lipinski definition) is 4. The van der Waals surface area contributed by atoms with E-state index in [1.54, 1.807) is 7.05 Å². The van der Waals surface area contributed by atoms with Crippen molar-refractivity contribution in [1.29, 1.82) is 0 Å². The van der Waals surface area contributed by atoms with E-state index >= 15 is 0 Å². The Morgan fingerprint density at radius 3 is 2.63 bits per heavy atom. The first-order valence-electron chi connectivity index (χ1n) is 10.8. The second kappa shape index (κ2) is 10.1. The van der Waals surface area contributed by atoms with Crippen molar-refractivity contribution in [3.8, 4) is 11.5 Å². The fraction of sp³-hybridized carbons (Fsp3) is 0.636. The summed E-state index contributed by atoms with van der Waals surface area (Å²) in [5.41, 5.74) is 1.42. The molecule has 0 atom stereocenters. The van der Waals surface area contributed by atoms with Crippen LogP contribution in [0.3, 0.4) is 0 Å². The fourth-order valence-corrected chi connectivity index (χ4v) is 4.28. The summed E-state index contributed by atoms with van der Waals surface area (Å²) in [5.74, 6) is 3.29. The Bertz CT molecular complexity index is 774. The van der Waals surface area contributed by atoms with Crippen LogP contribution in [0.15, 0.2) is 23.2 Å². The largest absolute Gasteiger partial charge is 0.454 e. The van der Waals surface area contributed by atoms with Crippen LogP contribution in [0.5, 0.6) is 11.5 Å². The van der Waals surface area contributed by atoms with Crippen molar-refractivity contribution in [2.24, 2.45) is 10.9 Å². The Labute approximate surface area is 196 Å². The maximum atomic E-state index is 11.6. The zero-order chi connectivity index (χ0) is 20.3. The van der Waals surface area contributed by atoms with Crippen LogP contribution in [-0.2, 0) is 10.2 Å². The van der Waals surface area contributed by atoms with Gasteiger partial charge >= 0.3 is 0 Å². The van der Waals surface area contributed by atoms with Crippen molar-refractivity contribution in [3.63, 3.8) is 0 Å². The molecular weight excluding hydrogens is 495 g/mol. The van der Waals surface area contributed by atoms with E-state index in [-0.39, 0.29) is 35.3 Å². The number of rotatable bonds is 6. The van der Waals surface area contributed by atoms with Gasteiger partial charge in [0.05, 0.1) is 6.54 Å². The van der Waals surface area contributed by atoms with Crippen molar-refractivity contribution in [3.05, 3.63) is 23.8 Å². The van der Waals surface area contributed by atoms with E-state index in [0.717, 1.165) is 69.3 Å². The average Bonchev–Trinajstić information content (AvgIpc) is 3.39. The number of halogens is 1. The molecule has 0 unspecified atom stereocenters. The summed E-state index contributed by atoms with van der Waals surface area (Å²) in [6.07, 6.45) is 5.01. The second-order valence-electron chi connectivity index (χ2n) is 8.33. The van der Waals surface area contributed by atoms with Gasteiger partial charge in [0.2, 0.25) is 12.7 Å². The fourth-order valence-electron chi connectivity index (χ4n) is 4.28. The lowest BCUT2D eigenvalue weighted by Gasteiger charge is -2.34. The molecule has 2 aliphatic heterocycles. The van der Waals surface area contributed by atoms with Crippen molar-refractivity contribution >= 4 is 35.8 Å². The molecule has 8 heteroatoms. The van der Waals surface area contributed by atoms with E-state index in [0.29, 0.717) is 19.1 Å². The zero-order valence-corrected chi connectivity index (χ0v) is 20.2. The number of hydrogen-bond donors (Lipinski definition) is 2. The van der Waals surface area contributed by atoms with Gasteiger partial charge in [0, 0.05) is 38.5 Å². The number of aliphatic imine (C=N–C) groups is 1. The van der Waals surface area contributed by atoms with Crippen LogP contribution in [0.4, 0.5) is 0 Å². The first-order chi connectivity index (χ1) is 14.1. The zero-order valence-electron chi connectivity index (χ0n) is 17.9. The first-order valence-corrected chi connectivity index (χ1v) is 10.8. The summed E-state index contributed by atoms with van der Waals surface area (Å²) in [6.45, 7) is 5.96. The number of piperidine rings is 1. The summed E-state index contributed by atoms with van der Waals surface area (Å²) < 4.78 is 11.0. The van der Waals surface area contributed by atoms with Gasteiger partial charge in [0.25, 0.3) is 0 Å². The standard InChI is InChI=1S/C22H32N4O3.HI/c1-3-24-21(26-10-6-16(7-11-26)12-20(27)23-2)25-14-22(8-9-22)17-4-5-18-19(13-17)29-15-28-18;/h4-5,13,16H,3,6-12,14-15H2,1-2H3,(H,23,27)(H,24,25);1H.